The molecule has 0 aromatic heterocycles. The number of hydrogen-bond donors (Lipinski definition) is 1. The van der Waals surface area contributed by atoms with Crippen molar-refractivity contribution in [3.8, 4) is 0 Å². The van der Waals surface area contributed by atoms with Gasteiger partial charge >= 0.3 is 0 Å². The third kappa shape index (κ3) is 6.14. The molecule has 1 aliphatic rings. The highest BCUT2D eigenvalue weighted by Crippen LogP contribution is 2.32. The summed E-state index contributed by atoms with van der Waals surface area (Å²) < 4.78 is 16.2. The van der Waals surface area contributed by atoms with Crippen molar-refractivity contribution >= 4 is 0 Å². The third-order valence-electron chi connectivity index (χ3n) is 3.59. The molecule has 1 fully saturated rings. The van der Waals surface area contributed by atoms with E-state index < -0.39 is 0 Å². The molecule has 1 atom stereocenters. The van der Waals surface area contributed by atoms with Gasteiger partial charge in [-0.1, -0.05) is 0 Å². The molecule has 1 saturated heterocycles. The molecule has 1 rings (SSSR count). The molecule has 1 heterocycles. The van der Waals surface area contributed by atoms with E-state index in [2.05, 4.69) is 5.32 Å². The van der Waals surface area contributed by atoms with Gasteiger partial charge in [0.05, 0.1) is 13.2 Å². The number of methoxy groups -OCH3 is 1. The van der Waals surface area contributed by atoms with E-state index in [0.29, 0.717) is 5.41 Å². The summed E-state index contributed by atoms with van der Waals surface area (Å²) in [6, 6.07) is 0. The molecule has 4 nitrogen and oxygen atoms in total. The minimum atomic E-state index is 0.309. The van der Waals surface area contributed by atoms with Crippen LogP contribution in [0.4, 0.5) is 0 Å². The van der Waals surface area contributed by atoms with Crippen molar-refractivity contribution < 1.29 is 14.2 Å². The molecule has 108 valence electrons. The lowest BCUT2D eigenvalue weighted by molar-refractivity contribution is -0.0172. The Bertz CT molecular complexity index is 179. The summed E-state index contributed by atoms with van der Waals surface area (Å²) in [4.78, 5) is 0. The Kier molecular flexibility index (Phi) is 8.59. The summed E-state index contributed by atoms with van der Waals surface area (Å²) >= 11 is 0. The standard InChI is InChI=1S/C14H29NO3/c1-3-17-9-4-6-14(7-5-10-18-13-14)12-15-8-11-16-2/h15H,3-13H2,1-2H3. The Morgan fingerprint density at radius 2 is 2.22 bits per heavy atom. The second kappa shape index (κ2) is 9.73. The second-order valence-corrected chi connectivity index (χ2v) is 5.13. The number of rotatable bonds is 10. The summed E-state index contributed by atoms with van der Waals surface area (Å²) in [7, 11) is 1.74. The van der Waals surface area contributed by atoms with Crippen LogP contribution in [0.3, 0.4) is 0 Å². The van der Waals surface area contributed by atoms with Crippen LogP contribution >= 0.6 is 0 Å². The van der Waals surface area contributed by atoms with Gasteiger partial charge in [0.15, 0.2) is 0 Å². The van der Waals surface area contributed by atoms with Crippen LogP contribution in [0, 0.1) is 5.41 Å². The quantitative estimate of drug-likeness (QED) is 0.608. The monoisotopic (exact) mass is 259 g/mol. The zero-order chi connectivity index (χ0) is 13.1. The topological polar surface area (TPSA) is 39.7 Å². The summed E-state index contributed by atoms with van der Waals surface area (Å²) in [6.07, 6.45) is 4.76. The molecule has 1 N–H and O–H groups in total. The van der Waals surface area contributed by atoms with Gasteiger partial charge in [-0.05, 0) is 32.6 Å². The van der Waals surface area contributed by atoms with Gasteiger partial charge in [0.2, 0.25) is 0 Å². The van der Waals surface area contributed by atoms with Crippen LogP contribution in [-0.2, 0) is 14.2 Å². The predicted molar refractivity (Wildman–Crippen MR) is 73.0 cm³/mol. The molecule has 0 radical (unpaired) electrons. The van der Waals surface area contributed by atoms with Crippen LogP contribution in [0.2, 0.25) is 0 Å². The second-order valence-electron chi connectivity index (χ2n) is 5.13. The molecule has 4 heteroatoms. The highest BCUT2D eigenvalue weighted by Gasteiger charge is 2.31. The smallest absolute Gasteiger partial charge is 0.0587 e. The molecule has 1 unspecified atom stereocenters. The Labute approximate surface area is 111 Å². The minimum Gasteiger partial charge on any atom is -0.383 e. The first-order valence-electron chi connectivity index (χ1n) is 7.18. The fourth-order valence-electron chi connectivity index (χ4n) is 2.56. The molecule has 0 saturated carbocycles. The van der Waals surface area contributed by atoms with Crippen LogP contribution < -0.4 is 5.32 Å². The Hall–Kier alpha value is -0.160. The molecule has 18 heavy (non-hydrogen) atoms. The summed E-state index contributed by atoms with van der Waals surface area (Å²) in [5.74, 6) is 0. The van der Waals surface area contributed by atoms with Crippen molar-refractivity contribution in [1.82, 2.24) is 5.32 Å². The van der Waals surface area contributed by atoms with Gasteiger partial charge in [-0.15, -0.1) is 0 Å². The van der Waals surface area contributed by atoms with E-state index >= 15 is 0 Å². The van der Waals surface area contributed by atoms with Crippen molar-refractivity contribution in [1.29, 1.82) is 0 Å². The summed E-state index contributed by atoms with van der Waals surface area (Å²) in [6.45, 7) is 8.27. The van der Waals surface area contributed by atoms with E-state index in [1.807, 2.05) is 6.92 Å². The van der Waals surface area contributed by atoms with Crippen LogP contribution in [0.15, 0.2) is 0 Å². The van der Waals surface area contributed by atoms with E-state index in [1.165, 1.54) is 19.3 Å². The zero-order valence-corrected chi connectivity index (χ0v) is 12.0. The van der Waals surface area contributed by atoms with E-state index in [1.54, 1.807) is 7.11 Å². The van der Waals surface area contributed by atoms with Crippen LogP contribution in [0.5, 0.6) is 0 Å². The van der Waals surface area contributed by atoms with E-state index in [0.717, 1.165) is 52.5 Å². The van der Waals surface area contributed by atoms with Gasteiger partial charge in [-0.25, -0.2) is 0 Å². The molecular formula is C14H29NO3. The first kappa shape index (κ1) is 15.9. The van der Waals surface area contributed by atoms with Gasteiger partial charge in [0.25, 0.3) is 0 Å². The molecule has 0 bridgehead atoms. The summed E-state index contributed by atoms with van der Waals surface area (Å²) in [5.41, 5.74) is 0.309. The normalized spacial score (nSPS) is 24.3. The Morgan fingerprint density at radius 1 is 1.33 bits per heavy atom. The average Bonchev–Trinajstić information content (AvgIpc) is 2.41. The first-order chi connectivity index (χ1) is 8.83. The van der Waals surface area contributed by atoms with E-state index in [9.17, 15) is 0 Å². The maximum Gasteiger partial charge on any atom is 0.0587 e. The van der Waals surface area contributed by atoms with E-state index in [-0.39, 0.29) is 0 Å². The van der Waals surface area contributed by atoms with Gasteiger partial charge < -0.3 is 19.5 Å². The largest absolute Gasteiger partial charge is 0.383 e. The maximum absolute atomic E-state index is 5.69. The molecule has 0 aromatic carbocycles. The number of nitrogens with one attached hydrogen (secondary N) is 1. The highest BCUT2D eigenvalue weighted by atomic mass is 16.5. The zero-order valence-electron chi connectivity index (χ0n) is 12.0. The van der Waals surface area contributed by atoms with Gasteiger partial charge in [0, 0.05) is 45.4 Å². The lowest BCUT2D eigenvalue weighted by Crippen LogP contribution is -2.42. The van der Waals surface area contributed by atoms with Crippen molar-refractivity contribution in [3.05, 3.63) is 0 Å². The molecule has 1 aliphatic heterocycles. The average molecular weight is 259 g/mol. The first-order valence-corrected chi connectivity index (χ1v) is 7.18. The van der Waals surface area contributed by atoms with Gasteiger partial charge in [-0.2, -0.15) is 0 Å². The fourth-order valence-corrected chi connectivity index (χ4v) is 2.56. The molecule has 0 aromatic rings. The maximum atomic E-state index is 5.69. The highest BCUT2D eigenvalue weighted by molar-refractivity contribution is 4.84. The fraction of sp³-hybridized carbons (Fsp3) is 1.00. The van der Waals surface area contributed by atoms with Gasteiger partial charge in [0.1, 0.15) is 0 Å². The Morgan fingerprint density at radius 3 is 2.89 bits per heavy atom. The number of ether oxygens (including phenoxy) is 3. The van der Waals surface area contributed by atoms with Crippen molar-refractivity contribution in [2.75, 3.05) is 53.2 Å². The lowest BCUT2D eigenvalue weighted by Gasteiger charge is -2.37. The lowest BCUT2D eigenvalue weighted by atomic mass is 9.78. The number of hydrogen-bond acceptors (Lipinski definition) is 4. The van der Waals surface area contributed by atoms with Crippen molar-refractivity contribution in [3.63, 3.8) is 0 Å². The molecule has 0 spiro atoms. The predicted octanol–water partition coefficient (Wildman–Crippen LogP) is 1.84. The van der Waals surface area contributed by atoms with Crippen LogP contribution in [0.25, 0.3) is 0 Å². The Balaban J connectivity index is 2.27. The van der Waals surface area contributed by atoms with Crippen molar-refractivity contribution in [2.24, 2.45) is 5.41 Å². The van der Waals surface area contributed by atoms with Crippen LogP contribution in [0.1, 0.15) is 32.6 Å². The van der Waals surface area contributed by atoms with E-state index in [4.69, 9.17) is 14.2 Å². The summed E-state index contributed by atoms with van der Waals surface area (Å²) in [5, 5.41) is 3.49. The minimum absolute atomic E-state index is 0.309. The third-order valence-corrected chi connectivity index (χ3v) is 3.59. The SMILES string of the molecule is CCOCCCC1(CNCCOC)CCCOC1. The van der Waals surface area contributed by atoms with Crippen molar-refractivity contribution in [2.45, 2.75) is 32.6 Å². The molecule has 0 aliphatic carbocycles. The van der Waals surface area contributed by atoms with Crippen LogP contribution in [-0.4, -0.2) is 53.2 Å². The molecular weight excluding hydrogens is 230 g/mol. The molecule has 0 amide bonds. The van der Waals surface area contributed by atoms with Gasteiger partial charge in [-0.3, -0.25) is 0 Å².